The number of hydrogen-bond donors (Lipinski definition) is 0. The third-order valence-corrected chi connectivity index (χ3v) is 2.34. The minimum Gasteiger partial charge on any atom is -0.294 e. The zero-order valence-corrected chi connectivity index (χ0v) is 9.04. The van der Waals surface area contributed by atoms with E-state index < -0.39 is 28.9 Å². The molecule has 0 spiro atoms. The van der Waals surface area contributed by atoms with Crippen LogP contribution in [0.2, 0.25) is 0 Å². The van der Waals surface area contributed by atoms with Gasteiger partial charge in [0.1, 0.15) is 5.82 Å². The van der Waals surface area contributed by atoms with Gasteiger partial charge in [-0.25, -0.2) is 4.39 Å². The first-order valence-corrected chi connectivity index (χ1v) is 4.60. The summed E-state index contributed by atoms with van der Waals surface area (Å²) in [6.07, 6.45) is -4.74. The van der Waals surface area contributed by atoms with E-state index in [4.69, 9.17) is 0 Å². The van der Waals surface area contributed by atoms with Crippen molar-refractivity contribution in [2.45, 2.75) is 13.1 Å². The van der Waals surface area contributed by atoms with Crippen molar-refractivity contribution in [1.82, 2.24) is 0 Å². The summed E-state index contributed by atoms with van der Waals surface area (Å²) in [5.41, 5.74) is -1.81. The molecule has 1 aromatic carbocycles. The van der Waals surface area contributed by atoms with Crippen molar-refractivity contribution in [2.75, 3.05) is 0 Å². The summed E-state index contributed by atoms with van der Waals surface area (Å²) >= 11 is 2.73. The van der Waals surface area contributed by atoms with Gasteiger partial charge in [-0.15, -0.1) is 0 Å². The van der Waals surface area contributed by atoms with Crippen LogP contribution in [0.3, 0.4) is 0 Å². The molecule has 0 amide bonds. The summed E-state index contributed by atoms with van der Waals surface area (Å²) < 4.78 is 49.9. The normalized spacial score (nSPS) is 11.6. The van der Waals surface area contributed by atoms with Crippen LogP contribution in [0.1, 0.15) is 22.8 Å². The van der Waals surface area contributed by atoms with E-state index in [0.29, 0.717) is 6.07 Å². The number of benzene rings is 1. The van der Waals surface area contributed by atoms with Crippen molar-refractivity contribution in [3.63, 3.8) is 0 Å². The molecule has 0 aliphatic rings. The SMILES string of the molecule is CC(=O)c1c(Br)cc(F)cc1C(F)(F)F. The first-order chi connectivity index (χ1) is 6.73. The number of rotatable bonds is 1. The number of carbonyl (C=O) groups excluding carboxylic acids is 1. The van der Waals surface area contributed by atoms with Crippen molar-refractivity contribution in [2.24, 2.45) is 0 Å². The van der Waals surface area contributed by atoms with Gasteiger partial charge in [0.15, 0.2) is 5.78 Å². The van der Waals surface area contributed by atoms with Gasteiger partial charge in [0.2, 0.25) is 0 Å². The van der Waals surface area contributed by atoms with Crippen LogP contribution in [0.15, 0.2) is 16.6 Å². The van der Waals surface area contributed by atoms with E-state index in [1.165, 1.54) is 0 Å². The topological polar surface area (TPSA) is 17.1 Å². The fourth-order valence-electron chi connectivity index (χ4n) is 1.15. The van der Waals surface area contributed by atoms with Gasteiger partial charge >= 0.3 is 6.18 Å². The lowest BCUT2D eigenvalue weighted by Crippen LogP contribution is -2.13. The average Bonchev–Trinajstić information content (AvgIpc) is 1.99. The van der Waals surface area contributed by atoms with Gasteiger partial charge in [-0.1, -0.05) is 0 Å². The average molecular weight is 285 g/mol. The predicted molar refractivity (Wildman–Crippen MR) is 49.1 cm³/mol. The second kappa shape index (κ2) is 3.92. The van der Waals surface area contributed by atoms with Crippen LogP contribution in [-0.4, -0.2) is 5.78 Å². The Labute approximate surface area is 91.2 Å². The summed E-state index contributed by atoms with van der Waals surface area (Å²) in [6.45, 7) is 0.993. The van der Waals surface area contributed by atoms with Crippen LogP contribution in [0.5, 0.6) is 0 Å². The third-order valence-electron chi connectivity index (χ3n) is 1.71. The summed E-state index contributed by atoms with van der Waals surface area (Å²) in [7, 11) is 0. The minimum atomic E-state index is -4.74. The van der Waals surface area contributed by atoms with E-state index in [-0.39, 0.29) is 4.47 Å². The van der Waals surface area contributed by atoms with Crippen molar-refractivity contribution in [3.8, 4) is 0 Å². The highest BCUT2D eigenvalue weighted by Gasteiger charge is 2.36. The molecule has 0 bridgehead atoms. The van der Waals surface area contributed by atoms with E-state index in [1.807, 2.05) is 0 Å². The lowest BCUT2D eigenvalue weighted by molar-refractivity contribution is -0.138. The number of ketones is 1. The molecule has 0 saturated heterocycles. The van der Waals surface area contributed by atoms with Crippen molar-refractivity contribution in [1.29, 1.82) is 0 Å². The molecule has 15 heavy (non-hydrogen) atoms. The van der Waals surface area contributed by atoms with E-state index in [0.717, 1.165) is 13.0 Å². The molecule has 0 fully saturated rings. The molecule has 0 aliphatic carbocycles. The molecule has 0 aliphatic heterocycles. The van der Waals surface area contributed by atoms with E-state index in [1.54, 1.807) is 0 Å². The van der Waals surface area contributed by atoms with Crippen LogP contribution in [0, 0.1) is 5.82 Å². The molecule has 1 rings (SSSR count). The molecule has 0 saturated carbocycles. The minimum absolute atomic E-state index is 0.192. The molecule has 1 aromatic rings. The smallest absolute Gasteiger partial charge is 0.294 e. The highest BCUT2D eigenvalue weighted by atomic mass is 79.9. The second-order valence-corrected chi connectivity index (χ2v) is 3.72. The van der Waals surface area contributed by atoms with Gasteiger partial charge in [0.05, 0.1) is 5.56 Å². The maximum atomic E-state index is 12.8. The first-order valence-electron chi connectivity index (χ1n) is 3.80. The zero-order chi connectivity index (χ0) is 11.8. The first kappa shape index (κ1) is 12.2. The predicted octanol–water partition coefficient (Wildman–Crippen LogP) is 3.81. The van der Waals surface area contributed by atoms with Crippen molar-refractivity contribution in [3.05, 3.63) is 33.5 Å². The summed E-state index contributed by atoms with van der Waals surface area (Å²) in [4.78, 5) is 11.0. The Kier molecular flexibility index (Phi) is 3.18. The number of hydrogen-bond acceptors (Lipinski definition) is 1. The quantitative estimate of drug-likeness (QED) is 0.566. The fraction of sp³-hybridized carbons (Fsp3) is 0.222. The second-order valence-electron chi connectivity index (χ2n) is 2.86. The maximum absolute atomic E-state index is 12.8. The molecular weight excluding hydrogens is 280 g/mol. The Balaban J connectivity index is 3.54. The van der Waals surface area contributed by atoms with Crippen LogP contribution < -0.4 is 0 Å². The monoisotopic (exact) mass is 284 g/mol. The standard InChI is InChI=1S/C9H5BrF4O/c1-4(15)8-6(9(12,13)14)2-5(11)3-7(8)10/h2-3H,1H3. The molecule has 1 nitrogen and oxygen atoms in total. The zero-order valence-electron chi connectivity index (χ0n) is 7.45. The summed E-state index contributed by atoms with van der Waals surface area (Å²) in [5.74, 6) is -1.81. The highest BCUT2D eigenvalue weighted by molar-refractivity contribution is 9.10. The Bertz CT molecular complexity index is 411. The largest absolute Gasteiger partial charge is 0.417 e. The Morgan fingerprint density at radius 2 is 1.87 bits per heavy atom. The van der Waals surface area contributed by atoms with E-state index in [9.17, 15) is 22.4 Å². The van der Waals surface area contributed by atoms with Crippen LogP contribution in [0.4, 0.5) is 17.6 Å². The number of Topliss-reactive ketones (excluding diaryl/α,β-unsaturated/α-hetero) is 1. The summed E-state index contributed by atoms with van der Waals surface area (Å²) in [5, 5.41) is 0. The molecule has 0 unspecified atom stereocenters. The van der Waals surface area contributed by atoms with Gasteiger partial charge in [-0.3, -0.25) is 4.79 Å². The van der Waals surface area contributed by atoms with Gasteiger partial charge in [-0.05, 0) is 35.0 Å². The number of alkyl halides is 3. The highest BCUT2D eigenvalue weighted by Crippen LogP contribution is 2.36. The lowest BCUT2D eigenvalue weighted by atomic mass is 10.0. The van der Waals surface area contributed by atoms with Gasteiger partial charge in [0, 0.05) is 10.0 Å². The molecular formula is C9H5BrF4O. The number of halogens is 5. The molecule has 0 radical (unpaired) electrons. The molecule has 0 atom stereocenters. The van der Waals surface area contributed by atoms with Crippen LogP contribution in [-0.2, 0) is 6.18 Å². The molecule has 0 N–H and O–H groups in total. The third kappa shape index (κ3) is 2.56. The van der Waals surface area contributed by atoms with Crippen molar-refractivity contribution < 1.29 is 22.4 Å². The van der Waals surface area contributed by atoms with Crippen molar-refractivity contribution >= 4 is 21.7 Å². The molecule has 0 heterocycles. The molecule has 6 heteroatoms. The summed E-state index contributed by atoms with van der Waals surface area (Å²) in [6, 6.07) is 1.13. The Hall–Kier alpha value is -0.910. The van der Waals surface area contributed by atoms with Crippen LogP contribution >= 0.6 is 15.9 Å². The van der Waals surface area contributed by atoms with E-state index >= 15 is 0 Å². The Morgan fingerprint density at radius 1 is 1.33 bits per heavy atom. The van der Waals surface area contributed by atoms with Gasteiger partial charge in [0.25, 0.3) is 0 Å². The molecule has 0 aromatic heterocycles. The van der Waals surface area contributed by atoms with Crippen LogP contribution in [0.25, 0.3) is 0 Å². The van der Waals surface area contributed by atoms with E-state index in [2.05, 4.69) is 15.9 Å². The maximum Gasteiger partial charge on any atom is 0.417 e. The lowest BCUT2D eigenvalue weighted by Gasteiger charge is -2.12. The fourth-order valence-corrected chi connectivity index (χ4v) is 1.87. The molecule has 82 valence electrons. The van der Waals surface area contributed by atoms with Gasteiger partial charge < -0.3 is 0 Å². The van der Waals surface area contributed by atoms with Gasteiger partial charge in [-0.2, -0.15) is 13.2 Å². The Morgan fingerprint density at radius 3 is 2.27 bits per heavy atom. The number of carbonyl (C=O) groups is 1.